The highest BCUT2D eigenvalue weighted by Crippen LogP contribution is 2.36. The normalized spacial score (nSPS) is 16.7. The fraction of sp³-hybridized carbons (Fsp3) is 0.481. The summed E-state index contributed by atoms with van der Waals surface area (Å²) in [6.07, 6.45) is 3.17. The molecule has 1 aromatic carbocycles. The van der Waals surface area contributed by atoms with Crippen molar-refractivity contribution in [3.63, 3.8) is 0 Å². The van der Waals surface area contributed by atoms with Gasteiger partial charge < -0.3 is 24.8 Å². The molecule has 5 rings (SSSR count). The van der Waals surface area contributed by atoms with Crippen molar-refractivity contribution in [3.05, 3.63) is 47.3 Å². The topological polar surface area (TPSA) is 90.9 Å². The number of ether oxygens (including phenoxy) is 1. The summed E-state index contributed by atoms with van der Waals surface area (Å²) in [7, 11) is 4.02. The van der Waals surface area contributed by atoms with Crippen LogP contribution < -0.4 is 15.1 Å². The number of hydrogen-bond acceptors (Lipinski definition) is 8. The van der Waals surface area contributed by atoms with E-state index < -0.39 is 0 Å². The van der Waals surface area contributed by atoms with Gasteiger partial charge in [0.1, 0.15) is 4.83 Å². The number of rotatable bonds is 6. The average Bonchev–Trinajstić information content (AvgIpc) is 3.32. The molecule has 2 aliphatic rings. The number of anilines is 2. The Morgan fingerprint density at radius 1 is 1.11 bits per heavy atom. The fourth-order valence-corrected chi connectivity index (χ4v) is 5.82. The fourth-order valence-electron chi connectivity index (χ4n) is 5.07. The Morgan fingerprint density at radius 2 is 1.81 bits per heavy atom. The third-order valence-corrected chi connectivity index (χ3v) is 8.13. The van der Waals surface area contributed by atoms with Gasteiger partial charge in [-0.1, -0.05) is 12.1 Å². The molecule has 37 heavy (non-hydrogen) atoms. The zero-order valence-electron chi connectivity index (χ0n) is 21.7. The SMILES string of the molecule is Cc1nsc2ncc(C(=O)N3CCOCC3)c(N3CCC(C(=O)NCc4ccc(N(C)C)cc4)CC3)c12. The smallest absolute Gasteiger partial charge is 0.257 e. The van der Waals surface area contributed by atoms with E-state index in [-0.39, 0.29) is 17.7 Å². The summed E-state index contributed by atoms with van der Waals surface area (Å²) >= 11 is 1.36. The standard InChI is InChI=1S/C27H34N6O3S/c1-18-23-24(22(17-29-26(23)37-30-18)27(35)33-12-14-36-15-13-33)32-10-8-20(9-11-32)25(34)28-16-19-4-6-21(7-5-19)31(2)3/h4-7,17,20H,8-16H2,1-3H3,(H,28,34). The zero-order chi connectivity index (χ0) is 25.9. The molecule has 2 aliphatic heterocycles. The van der Waals surface area contributed by atoms with E-state index in [1.165, 1.54) is 11.5 Å². The number of aryl methyl sites for hydroxylation is 1. The first-order chi connectivity index (χ1) is 17.9. The van der Waals surface area contributed by atoms with E-state index in [1.807, 2.05) is 25.9 Å². The summed E-state index contributed by atoms with van der Waals surface area (Å²) < 4.78 is 9.95. The average molecular weight is 523 g/mol. The Labute approximate surface area is 221 Å². The van der Waals surface area contributed by atoms with Crippen LogP contribution in [0.5, 0.6) is 0 Å². The van der Waals surface area contributed by atoms with Crippen molar-refractivity contribution in [3.8, 4) is 0 Å². The lowest BCUT2D eigenvalue weighted by Gasteiger charge is -2.35. The van der Waals surface area contributed by atoms with Crippen molar-refractivity contribution in [2.75, 3.05) is 63.3 Å². The van der Waals surface area contributed by atoms with E-state index in [1.54, 1.807) is 6.20 Å². The van der Waals surface area contributed by atoms with Gasteiger partial charge in [0.05, 0.1) is 35.5 Å². The van der Waals surface area contributed by atoms with Crippen molar-refractivity contribution in [1.29, 1.82) is 0 Å². The number of nitrogens with zero attached hydrogens (tertiary/aromatic N) is 5. The van der Waals surface area contributed by atoms with E-state index in [0.717, 1.165) is 45.7 Å². The van der Waals surface area contributed by atoms with Crippen molar-refractivity contribution in [2.45, 2.75) is 26.3 Å². The molecule has 9 nitrogen and oxygen atoms in total. The first-order valence-corrected chi connectivity index (χ1v) is 13.6. The summed E-state index contributed by atoms with van der Waals surface area (Å²) in [5.74, 6) is 0.0300. The maximum absolute atomic E-state index is 13.5. The number of hydrogen-bond donors (Lipinski definition) is 1. The van der Waals surface area contributed by atoms with Gasteiger partial charge in [0.25, 0.3) is 5.91 Å². The Balaban J connectivity index is 1.28. The molecule has 2 saturated heterocycles. The molecule has 3 aromatic rings. The second-order valence-corrected chi connectivity index (χ2v) is 10.7. The third-order valence-electron chi connectivity index (χ3n) is 7.28. The Kier molecular flexibility index (Phi) is 7.57. The molecule has 0 bridgehead atoms. The van der Waals surface area contributed by atoms with Gasteiger partial charge in [0, 0.05) is 64.6 Å². The lowest BCUT2D eigenvalue weighted by molar-refractivity contribution is -0.125. The summed E-state index contributed by atoms with van der Waals surface area (Å²) in [5, 5.41) is 4.07. The second kappa shape index (κ2) is 11.0. The number of aromatic nitrogens is 2. The highest BCUT2D eigenvalue weighted by atomic mass is 32.1. The van der Waals surface area contributed by atoms with Crippen LogP contribution in [0.3, 0.4) is 0 Å². The summed E-state index contributed by atoms with van der Waals surface area (Å²) in [5.41, 5.74) is 4.63. The molecule has 4 heterocycles. The second-order valence-electron chi connectivity index (χ2n) is 9.91. The van der Waals surface area contributed by atoms with Gasteiger partial charge >= 0.3 is 0 Å². The quantitative estimate of drug-likeness (QED) is 0.532. The van der Waals surface area contributed by atoms with Crippen LogP contribution in [-0.2, 0) is 16.1 Å². The molecule has 196 valence electrons. The van der Waals surface area contributed by atoms with E-state index >= 15 is 0 Å². The highest BCUT2D eigenvalue weighted by molar-refractivity contribution is 7.13. The van der Waals surface area contributed by atoms with Crippen molar-refractivity contribution in [2.24, 2.45) is 5.92 Å². The van der Waals surface area contributed by atoms with Crippen LogP contribution in [0.25, 0.3) is 10.2 Å². The van der Waals surface area contributed by atoms with Gasteiger partial charge in [-0.3, -0.25) is 9.59 Å². The molecule has 0 radical (unpaired) electrons. The van der Waals surface area contributed by atoms with Crippen LogP contribution >= 0.6 is 11.5 Å². The lowest BCUT2D eigenvalue weighted by Crippen LogP contribution is -2.43. The number of carbonyl (C=O) groups is 2. The van der Waals surface area contributed by atoms with Crippen molar-refractivity contribution >= 4 is 44.9 Å². The van der Waals surface area contributed by atoms with Crippen molar-refractivity contribution in [1.82, 2.24) is 19.6 Å². The zero-order valence-corrected chi connectivity index (χ0v) is 22.5. The first kappa shape index (κ1) is 25.4. The first-order valence-electron chi connectivity index (χ1n) is 12.8. The largest absolute Gasteiger partial charge is 0.378 e. The molecule has 2 aromatic heterocycles. The molecule has 0 spiro atoms. The molecular weight excluding hydrogens is 488 g/mol. The minimum Gasteiger partial charge on any atom is -0.378 e. The molecule has 10 heteroatoms. The summed E-state index contributed by atoms with van der Waals surface area (Å²) in [6.45, 7) is 6.16. The minimum atomic E-state index is -0.0466. The van der Waals surface area contributed by atoms with Crippen LogP contribution in [-0.4, -0.2) is 79.6 Å². The number of carbonyl (C=O) groups excluding carboxylic acids is 2. The monoisotopic (exact) mass is 522 g/mol. The molecule has 2 amide bonds. The molecule has 0 aliphatic carbocycles. The lowest BCUT2D eigenvalue weighted by atomic mass is 9.94. The van der Waals surface area contributed by atoms with E-state index in [9.17, 15) is 9.59 Å². The van der Waals surface area contributed by atoms with Gasteiger partial charge in [-0.2, -0.15) is 4.37 Å². The van der Waals surface area contributed by atoms with Crippen LogP contribution in [0.1, 0.15) is 34.5 Å². The predicted molar refractivity (Wildman–Crippen MR) is 146 cm³/mol. The van der Waals surface area contributed by atoms with Gasteiger partial charge in [-0.05, 0) is 49.0 Å². The van der Waals surface area contributed by atoms with Crippen molar-refractivity contribution < 1.29 is 14.3 Å². The molecule has 0 saturated carbocycles. The van der Waals surface area contributed by atoms with E-state index in [0.29, 0.717) is 51.5 Å². The summed E-state index contributed by atoms with van der Waals surface area (Å²) in [4.78, 5) is 38.0. The molecule has 1 N–H and O–H groups in total. The van der Waals surface area contributed by atoms with Gasteiger partial charge in [-0.25, -0.2) is 4.98 Å². The number of nitrogens with one attached hydrogen (secondary N) is 1. The summed E-state index contributed by atoms with van der Waals surface area (Å²) in [6, 6.07) is 8.23. The maximum atomic E-state index is 13.5. The molecule has 0 unspecified atom stereocenters. The minimum absolute atomic E-state index is 0.0153. The molecule has 0 atom stereocenters. The van der Waals surface area contributed by atoms with Crippen LogP contribution in [0.4, 0.5) is 11.4 Å². The maximum Gasteiger partial charge on any atom is 0.257 e. The van der Waals surface area contributed by atoms with Crippen LogP contribution in [0.15, 0.2) is 30.5 Å². The van der Waals surface area contributed by atoms with E-state index in [4.69, 9.17) is 4.74 Å². The number of pyridine rings is 1. The Morgan fingerprint density at radius 3 is 2.49 bits per heavy atom. The van der Waals surface area contributed by atoms with Crippen LogP contribution in [0, 0.1) is 12.8 Å². The van der Waals surface area contributed by atoms with E-state index in [2.05, 4.69) is 48.7 Å². The van der Waals surface area contributed by atoms with Gasteiger partial charge in [0.15, 0.2) is 0 Å². The number of piperidine rings is 1. The number of benzene rings is 1. The third kappa shape index (κ3) is 5.40. The van der Waals surface area contributed by atoms with Gasteiger partial charge in [-0.15, -0.1) is 0 Å². The number of amides is 2. The Bertz CT molecular complexity index is 1260. The Hall–Kier alpha value is -3.24. The van der Waals surface area contributed by atoms with Gasteiger partial charge in [0.2, 0.25) is 5.91 Å². The number of morpholine rings is 1. The molecule has 2 fully saturated rings. The predicted octanol–water partition coefficient (Wildman–Crippen LogP) is 3.07. The number of fused-ring (bicyclic) bond motifs is 1. The highest BCUT2D eigenvalue weighted by Gasteiger charge is 2.31. The molecular formula is C27H34N6O3S. The van der Waals surface area contributed by atoms with Crippen LogP contribution in [0.2, 0.25) is 0 Å².